The second kappa shape index (κ2) is 7.33. The van der Waals surface area contributed by atoms with Gasteiger partial charge < -0.3 is 9.47 Å². The third-order valence-corrected chi connectivity index (χ3v) is 4.21. The molecule has 0 aliphatic carbocycles. The maximum atomic E-state index is 6.17. The predicted octanol–water partition coefficient (Wildman–Crippen LogP) is 5.19. The normalized spacial score (nSPS) is 22.6. The van der Waals surface area contributed by atoms with Crippen LogP contribution in [0.3, 0.4) is 0 Å². The van der Waals surface area contributed by atoms with Crippen LogP contribution in [0.2, 0.25) is 5.02 Å². The molecule has 3 atom stereocenters. The second-order valence-corrected chi connectivity index (χ2v) is 5.93. The van der Waals surface area contributed by atoms with E-state index in [0.717, 1.165) is 43.1 Å². The third-order valence-electron chi connectivity index (χ3n) is 3.97. The second-order valence-electron chi connectivity index (χ2n) is 5.49. The molecule has 0 N–H and O–H groups in total. The van der Waals surface area contributed by atoms with Crippen molar-refractivity contribution in [1.29, 1.82) is 0 Å². The standard InChI is InChI=1S/C17H25ClO2/c1-4-9-19-16-8-7-13(18)11-14(16)12(5-2)10-17-15(6-3)20-17/h7-8,11-12,15,17H,4-6,9-10H2,1-3H3. The van der Waals surface area contributed by atoms with Crippen molar-refractivity contribution in [2.45, 2.75) is 64.6 Å². The van der Waals surface area contributed by atoms with Crippen molar-refractivity contribution in [1.82, 2.24) is 0 Å². The molecule has 1 heterocycles. The first-order valence-corrected chi connectivity index (χ1v) is 8.15. The van der Waals surface area contributed by atoms with Crippen LogP contribution >= 0.6 is 11.6 Å². The lowest BCUT2D eigenvalue weighted by Gasteiger charge is -2.19. The Morgan fingerprint density at radius 2 is 2.05 bits per heavy atom. The number of epoxide rings is 1. The zero-order chi connectivity index (χ0) is 14.5. The number of hydrogen-bond acceptors (Lipinski definition) is 2. The molecule has 0 spiro atoms. The number of benzene rings is 1. The maximum absolute atomic E-state index is 6.17. The monoisotopic (exact) mass is 296 g/mol. The van der Waals surface area contributed by atoms with Gasteiger partial charge in [0.15, 0.2) is 0 Å². The van der Waals surface area contributed by atoms with E-state index >= 15 is 0 Å². The summed E-state index contributed by atoms with van der Waals surface area (Å²) < 4.78 is 11.6. The lowest BCUT2D eigenvalue weighted by atomic mass is 9.90. The van der Waals surface area contributed by atoms with Gasteiger partial charge in [-0.3, -0.25) is 0 Å². The minimum absolute atomic E-state index is 0.419. The number of ether oxygens (including phenoxy) is 2. The molecule has 0 saturated carbocycles. The Hall–Kier alpha value is -0.730. The lowest BCUT2D eigenvalue weighted by molar-refractivity contribution is 0.308. The molecule has 0 aromatic heterocycles. The zero-order valence-corrected chi connectivity index (χ0v) is 13.5. The van der Waals surface area contributed by atoms with Gasteiger partial charge in [-0.15, -0.1) is 0 Å². The van der Waals surface area contributed by atoms with Gasteiger partial charge in [0, 0.05) is 5.02 Å². The Balaban J connectivity index is 2.12. The van der Waals surface area contributed by atoms with Crippen molar-refractivity contribution in [2.24, 2.45) is 0 Å². The Labute approximate surface area is 127 Å². The predicted molar refractivity (Wildman–Crippen MR) is 83.8 cm³/mol. The first-order chi connectivity index (χ1) is 9.69. The van der Waals surface area contributed by atoms with Crippen LogP contribution in [0.4, 0.5) is 0 Å². The smallest absolute Gasteiger partial charge is 0.122 e. The van der Waals surface area contributed by atoms with E-state index in [1.807, 2.05) is 12.1 Å². The molecule has 1 fully saturated rings. The summed E-state index contributed by atoms with van der Waals surface area (Å²) in [5.74, 6) is 1.44. The van der Waals surface area contributed by atoms with Crippen LogP contribution in [0, 0.1) is 0 Å². The lowest BCUT2D eigenvalue weighted by Crippen LogP contribution is -2.07. The highest BCUT2D eigenvalue weighted by molar-refractivity contribution is 6.30. The van der Waals surface area contributed by atoms with Gasteiger partial charge in [0.1, 0.15) is 5.75 Å². The molecule has 2 nitrogen and oxygen atoms in total. The van der Waals surface area contributed by atoms with Crippen molar-refractivity contribution in [3.05, 3.63) is 28.8 Å². The molecule has 0 radical (unpaired) electrons. The van der Waals surface area contributed by atoms with Gasteiger partial charge in [0.2, 0.25) is 0 Å². The Morgan fingerprint density at radius 1 is 1.25 bits per heavy atom. The van der Waals surface area contributed by atoms with Crippen LogP contribution in [-0.4, -0.2) is 18.8 Å². The fourth-order valence-electron chi connectivity index (χ4n) is 2.72. The van der Waals surface area contributed by atoms with Crippen LogP contribution in [0.5, 0.6) is 5.75 Å². The highest BCUT2D eigenvalue weighted by Crippen LogP contribution is 2.40. The fourth-order valence-corrected chi connectivity index (χ4v) is 2.90. The molecule has 0 amide bonds. The van der Waals surface area contributed by atoms with E-state index < -0.39 is 0 Å². The molecule has 2 rings (SSSR count). The van der Waals surface area contributed by atoms with E-state index in [1.165, 1.54) is 5.56 Å². The van der Waals surface area contributed by atoms with E-state index in [4.69, 9.17) is 21.1 Å². The van der Waals surface area contributed by atoms with E-state index in [1.54, 1.807) is 0 Å². The van der Waals surface area contributed by atoms with Gasteiger partial charge in [-0.2, -0.15) is 0 Å². The Kier molecular flexibility index (Phi) is 5.74. The van der Waals surface area contributed by atoms with Crippen molar-refractivity contribution in [2.75, 3.05) is 6.61 Å². The largest absolute Gasteiger partial charge is 0.493 e. The Bertz CT molecular complexity index is 433. The zero-order valence-electron chi connectivity index (χ0n) is 12.7. The first-order valence-electron chi connectivity index (χ1n) is 7.77. The third kappa shape index (κ3) is 3.89. The molecule has 0 bridgehead atoms. The van der Waals surface area contributed by atoms with Gasteiger partial charge in [-0.25, -0.2) is 0 Å². The molecular weight excluding hydrogens is 272 g/mol. The summed E-state index contributed by atoms with van der Waals surface area (Å²) in [5.41, 5.74) is 1.24. The van der Waals surface area contributed by atoms with Crippen molar-refractivity contribution in [3.8, 4) is 5.75 Å². The van der Waals surface area contributed by atoms with Crippen molar-refractivity contribution in [3.63, 3.8) is 0 Å². The number of halogens is 1. The molecule has 3 heteroatoms. The van der Waals surface area contributed by atoms with Crippen LogP contribution in [0.15, 0.2) is 18.2 Å². The number of hydrogen-bond donors (Lipinski definition) is 0. The van der Waals surface area contributed by atoms with Crippen LogP contribution < -0.4 is 4.74 Å². The summed E-state index contributed by atoms with van der Waals surface area (Å²) >= 11 is 6.17. The van der Waals surface area contributed by atoms with Crippen LogP contribution in [0.25, 0.3) is 0 Å². The van der Waals surface area contributed by atoms with Gasteiger partial charge in [0.25, 0.3) is 0 Å². The van der Waals surface area contributed by atoms with E-state index in [9.17, 15) is 0 Å². The highest BCUT2D eigenvalue weighted by atomic mass is 35.5. The van der Waals surface area contributed by atoms with Gasteiger partial charge >= 0.3 is 0 Å². The van der Waals surface area contributed by atoms with Crippen molar-refractivity contribution >= 4 is 11.6 Å². The minimum Gasteiger partial charge on any atom is -0.493 e. The molecule has 20 heavy (non-hydrogen) atoms. The fraction of sp³-hybridized carbons (Fsp3) is 0.647. The summed E-state index contributed by atoms with van der Waals surface area (Å²) in [6.45, 7) is 7.28. The average molecular weight is 297 g/mol. The van der Waals surface area contributed by atoms with Crippen LogP contribution in [0.1, 0.15) is 57.9 Å². The summed E-state index contributed by atoms with van der Waals surface area (Å²) in [7, 11) is 0. The summed E-state index contributed by atoms with van der Waals surface area (Å²) in [5, 5.41) is 0.783. The summed E-state index contributed by atoms with van der Waals surface area (Å²) in [4.78, 5) is 0. The molecule has 1 saturated heterocycles. The minimum atomic E-state index is 0.419. The molecule has 112 valence electrons. The highest BCUT2D eigenvalue weighted by Gasteiger charge is 2.38. The molecule has 3 unspecified atom stereocenters. The molecule has 1 aliphatic heterocycles. The molecule has 1 aliphatic rings. The maximum Gasteiger partial charge on any atom is 0.122 e. The quantitative estimate of drug-likeness (QED) is 0.616. The summed E-state index contributed by atoms with van der Waals surface area (Å²) in [6, 6.07) is 5.97. The molecule has 1 aromatic rings. The van der Waals surface area contributed by atoms with E-state index in [2.05, 4.69) is 26.8 Å². The SMILES string of the molecule is CCCOc1ccc(Cl)cc1C(CC)CC1OC1CC. The average Bonchev–Trinajstić information content (AvgIpc) is 3.22. The van der Waals surface area contributed by atoms with Crippen LogP contribution in [-0.2, 0) is 4.74 Å². The number of rotatable bonds is 8. The van der Waals surface area contributed by atoms with Gasteiger partial charge in [-0.05, 0) is 55.4 Å². The van der Waals surface area contributed by atoms with Crippen molar-refractivity contribution < 1.29 is 9.47 Å². The first kappa shape index (κ1) is 15.7. The molecule has 1 aromatic carbocycles. The van der Waals surface area contributed by atoms with Gasteiger partial charge in [-0.1, -0.05) is 32.4 Å². The summed E-state index contributed by atoms with van der Waals surface area (Å²) in [6.07, 6.45) is 5.15. The van der Waals surface area contributed by atoms with E-state index in [0.29, 0.717) is 18.1 Å². The van der Waals surface area contributed by atoms with Gasteiger partial charge in [0.05, 0.1) is 18.8 Å². The Morgan fingerprint density at radius 3 is 2.65 bits per heavy atom. The topological polar surface area (TPSA) is 21.8 Å². The molecular formula is C17H25ClO2. The van der Waals surface area contributed by atoms with E-state index in [-0.39, 0.29) is 0 Å².